The highest BCUT2D eigenvalue weighted by Crippen LogP contribution is 2.38. The second-order valence-corrected chi connectivity index (χ2v) is 8.80. The molecule has 0 aliphatic rings. The maximum absolute atomic E-state index is 13.0. The maximum Gasteiger partial charge on any atom is 0.404 e. The lowest BCUT2D eigenvalue weighted by atomic mass is 10.2. The highest BCUT2D eigenvalue weighted by atomic mass is 35.5. The van der Waals surface area contributed by atoms with Gasteiger partial charge in [-0.1, -0.05) is 30.1 Å². The van der Waals surface area contributed by atoms with E-state index in [1.54, 1.807) is 0 Å². The number of rotatable bonds is 7. The van der Waals surface area contributed by atoms with Gasteiger partial charge < -0.3 is 9.84 Å². The van der Waals surface area contributed by atoms with E-state index in [0.717, 1.165) is 30.4 Å². The third-order valence-electron chi connectivity index (χ3n) is 3.47. The van der Waals surface area contributed by atoms with Gasteiger partial charge in [-0.15, -0.1) is 11.3 Å². The Balaban J connectivity index is 2.46. The van der Waals surface area contributed by atoms with Crippen LogP contribution < -0.4 is 9.46 Å². The normalized spacial score (nSPS) is 13.3. The molecule has 0 spiro atoms. The molecule has 1 heterocycles. The molecule has 0 fully saturated rings. The van der Waals surface area contributed by atoms with Crippen molar-refractivity contribution in [1.82, 2.24) is 9.71 Å². The fourth-order valence-corrected chi connectivity index (χ4v) is 4.96. The predicted octanol–water partition coefficient (Wildman–Crippen LogP) is 3.78. The number of thiazole rings is 1. The number of halogens is 5. The summed E-state index contributed by atoms with van der Waals surface area (Å²) < 4.78 is 70.8. The van der Waals surface area contributed by atoms with E-state index in [4.69, 9.17) is 33.0 Å². The number of aliphatic hydroxyl groups excluding tert-OH is 1. The summed E-state index contributed by atoms with van der Waals surface area (Å²) in [5.41, 5.74) is 0.182. The summed E-state index contributed by atoms with van der Waals surface area (Å²) in [6.45, 7) is 0.707. The second-order valence-electron chi connectivity index (χ2n) is 5.50. The van der Waals surface area contributed by atoms with Gasteiger partial charge in [-0.25, -0.2) is 18.2 Å². The van der Waals surface area contributed by atoms with Gasteiger partial charge in [0.1, 0.15) is 10.9 Å². The van der Waals surface area contributed by atoms with Crippen molar-refractivity contribution in [3.8, 4) is 5.75 Å². The molecule has 29 heavy (non-hydrogen) atoms. The summed E-state index contributed by atoms with van der Waals surface area (Å²) in [5, 5.41) is 9.27. The Morgan fingerprint density at radius 2 is 2.03 bits per heavy atom. The Morgan fingerprint density at radius 3 is 2.55 bits per heavy atom. The topological polar surface area (TPSA) is 106 Å². The Hall–Kier alpha value is -1.44. The van der Waals surface area contributed by atoms with Crippen LogP contribution in [0.15, 0.2) is 22.4 Å². The number of nitrogens with zero attached hydrogens (tertiary/aromatic N) is 1. The monoisotopic (exact) mass is 492 g/mol. The van der Waals surface area contributed by atoms with Gasteiger partial charge in [0.2, 0.25) is 15.0 Å². The Kier molecular flexibility index (Phi) is 7.52. The first kappa shape index (κ1) is 23.8. The molecule has 0 unspecified atom stereocenters. The van der Waals surface area contributed by atoms with E-state index in [9.17, 15) is 26.4 Å². The molecule has 2 aromatic rings. The quantitative estimate of drug-likeness (QED) is 0.450. The molecule has 0 aliphatic carbocycles. The van der Waals surface area contributed by atoms with E-state index < -0.39 is 56.9 Å². The molecule has 0 radical (unpaired) electrons. The van der Waals surface area contributed by atoms with Crippen LogP contribution in [0.2, 0.25) is 10.0 Å². The van der Waals surface area contributed by atoms with Gasteiger partial charge >= 0.3 is 12.1 Å². The van der Waals surface area contributed by atoms with Crippen molar-refractivity contribution < 1.29 is 36.2 Å². The molecule has 0 saturated carbocycles. The summed E-state index contributed by atoms with van der Waals surface area (Å²) in [5.74, 6) is -1.72. The van der Waals surface area contributed by atoms with Gasteiger partial charge in [0, 0.05) is 5.38 Å². The van der Waals surface area contributed by atoms with Crippen LogP contribution in [0.1, 0.15) is 28.8 Å². The molecule has 0 amide bonds. The number of aromatic nitrogens is 1. The standard InChI is InChI=1S/C15H13Cl2F3N2O5S2/c1-2-10(15(18,19)20)22-29(25,26)12-9(4-3-8(16)11(12)17)27-14(24)13-21-7(5-23)6-28-13/h3-4,6,10,22-23H,2,5H2,1H3/t10-/m0/s1. The fourth-order valence-electron chi connectivity index (χ4n) is 2.09. The Morgan fingerprint density at radius 1 is 1.38 bits per heavy atom. The first-order valence-electron chi connectivity index (χ1n) is 7.75. The van der Waals surface area contributed by atoms with E-state index >= 15 is 0 Å². The molecule has 1 aromatic heterocycles. The lowest BCUT2D eigenvalue weighted by Gasteiger charge is -2.21. The van der Waals surface area contributed by atoms with Crippen LogP contribution in [-0.2, 0) is 16.6 Å². The highest BCUT2D eigenvalue weighted by molar-refractivity contribution is 7.89. The second kappa shape index (κ2) is 9.14. The number of nitrogens with one attached hydrogen (secondary N) is 1. The van der Waals surface area contributed by atoms with Crippen LogP contribution >= 0.6 is 34.5 Å². The molecule has 0 bridgehead atoms. The number of aliphatic hydroxyl groups is 1. The molecule has 14 heteroatoms. The van der Waals surface area contributed by atoms with E-state index in [2.05, 4.69) is 4.98 Å². The van der Waals surface area contributed by atoms with Crippen molar-refractivity contribution in [2.45, 2.75) is 37.1 Å². The van der Waals surface area contributed by atoms with Crippen molar-refractivity contribution in [2.75, 3.05) is 0 Å². The Labute approximate surface area is 177 Å². The molecule has 2 rings (SSSR count). The number of hydrogen-bond acceptors (Lipinski definition) is 7. The zero-order valence-corrected chi connectivity index (χ0v) is 17.6. The predicted molar refractivity (Wildman–Crippen MR) is 99.9 cm³/mol. The Bertz CT molecular complexity index is 1010. The summed E-state index contributed by atoms with van der Waals surface area (Å²) >= 11 is 12.5. The summed E-state index contributed by atoms with van der Waals surface area (Å²) in [7, 11) is -4.89. The average Bonchev–Trinajstić information content (AvgIpc) is 3.11. The van der Waals surface area contributed by atoms with Crippen molar-refractivity contribution in [3.63, 3.8) is 0 Å². The van der Waals surface area contributed by atoms with Crippen molar-refractivity contribution in [3.05, 3.63) is 38.3 Å². The van der Waals surface area contributed by atoms with Crippen LogP contribution in [0.3, 0.4) is 0 Å². The van der Waals surface area contributed by atoms with Crippen LogP contribution in [0, 0.1) is 0 Å². The number of alkyl halides is 3. The zero-order chi connectivity index (χ0) is 22.0. The minimum atomic E-state index is -4.89. The number of carbonyl (C=O) groups is 1. The molecule has 1 aromatic carbocycles. The van der Waals surface area contributed by atoms with Crippen molar-refractivity contribution in [2.24, 2.45) is 0 Å². The van der Waals surface area contributed by atoms with Crippen molar-refractivity contribution >= 4 is 50.5 Å². The fraction of sp³-hybridized carbons (Fsp3) is 0.333. The summed E-state index contributed by atoms with van der Waals surface area (Å²) in [6.07, 6.45) is -5.44. The van der Waals surface area contributed by atoms with Crippen LogP contribution in [0.4, 0.5) is 13.2 Å². The van der Waals surface area contributed by atoms with Gasteiger partial charge in [0.25, 0.3) is 0 Å². The van der Waals surface area contributed by atoms with Gasteiger partial charge in [-0.05, 0) is 18.6 Å². The molecule has 160 valence electrons. The van der Waals surface area contributed by atoms with Gasteiger partial charge in [-0.3, -0.25) is 0 Å². The first-order chi connectivity index (χ1) is 13.4. The third kappa shape index (κ3) is 5.58. The van der Waals surface area contributed by atoms with Crippen LogP contribution in [0.5, 0.6) is 5.75 Å². The number of hydrogen-bond donors (Lipinski definition) is 2. The zero-order valence-electron chi connectivity index (χ0n) is 14.5. The number of esters is 1. The smallest absolute Gasteiger partial charge is 0.404 e. The van der Waals surface area contributed by atoms with Gasteiger partial charge in [-0.2, -0.15) is 17.9 Å². The van der Waals surface area contributed by atoms with Gasteiger partial charge in [0.15, 0.2) is 5.75 Å². The molecular weight excluding hydrogens is 480 g/mol. The highest BCUT2D eigenvalue weighted by Gasteiger charge is 2.42. The average molecular weight is 493 g/mol. The van der Waals surface area contributed by atoms with Crippen molar-refractivity contribution in [1.29, 1.82) is 0 Å². The molecule has 2 N–H and O–H groups in total. The number of benzene rings is 1. The van der Waals surface area contributed by atoms with E-state index in [1.807, 2.05) is 0 Å². The number of sulfonamides is 1. The molecule has 0 aliphatic heterocycles. The number of carbonyl (C=O) groups excluding carboxylic acids is 1. The minimum absolute atomic E-state index is 0.182. The van der Waals surface area contributed by atoms with E-state index in [1.165, 1.54) is 10.1 Å². The summed E-state index contributed by atoms with van der Waals surface area (Å²) in [4.78, 5) is 15.1. The lowest BCUT2D eigenvalue weighted by molar-refractivity contribution is -0.151. The van der Waals surface area contributed by atoms with Crippen LogP contribution in [-0.4, -0.2) is 36.7 Å². The lowest BCUT2D eigenvalue weighted by Crippen LogP contribution is -2.45. The molecule has 0 saturated heterocycles. The van der Waals surface area contributed by atoms with Crippen LogP contribution in [0.25, 0.3) is 0 Å². The van der Waals surface area contributed by atoms with Gasteiger partial charge in [0.05, 0.1) is 22.3 Å². The number of ether oxygens (including phenoxy) is 1. The SMILES string of the molecule is CC[C@H](NS(=O)(=O)c1c(OC(=O)c2nc(CO)cs2)ccc(Cl)c1Cl)C(F)(F)F. The summed E-state index contributed by atoms with van der Waals surface area (Å²) in [6, 6.07) is -0.291. The van der Waals surface area contributed by atoms with E-state index in [-0.39, 0.29) is 15.7 Å². The third-order valence-corrected chi connectivity index (χ3v) is 6.80. The molecule has 7 nitrogen and oxygen atoms in total. The molecule has 1 atom stereocenters. The minimum Gasteiger partial charge on any atom is -0.420 e. The van der Waals surface area contributed by atoms with E-state index in [0.29, 0.717) is 0 Å². The first-order valence-corrected chi connectivity index (χ1v) is 10.9. The maximum atomic E-state index is 13.0. The largest absolute Gasteiger partial charge is 0.420 e. The molecular formula is C15H13Cl2F3N2O5S2.